The van der Waals surface area contributed by atoms with E-state index in [0.29, 0.717) is 5.69 Å². The molecule has 0 aliphatic carbocycles. The third-order valence-electron chi connectivity index (χ3n) is 3.67. The summed E-state index contributed by atoms with van der Waals surface area (Å²) >= 11 is 0. The molecule has 110 valence electrons. The van der Waals surface area contributed by atoms with Gasteiger partial charge in [0.25, 0.3) is 5.91 Å². The molecule has 21 heavy (non-hydrogen) atoms. The molecule has 1 aromatic carbocycles. The maximum Gasteiger partial charge on any atom is 0.273 e. The van der Waals surface area contributed by atoms with Crippen molar-refractivity contribution in [3.8, 4) is 5.69 Å². The average molecular weight is 285 g/mol. The summed E-state index contributed by atoms with van der Waals surface area (Å²) in [7, 11) is 0. The molecule has 1 saturated heterocycles. The highest BCUT2D eigenvalue weighted by Crippen LogP contribution is 2.10. The lowest BCUT2D eigenvalue weighted by Crippen LogP contribution is -2.42. The Labute approximate surface area is 123 Å². The molecule has 1 aliphatic heterocycles. The Hall–Kier alpha value is -2.21. The fourth-order valence-electron chi connectivity index (χ4n) is 2.49. The van der Waals surface area contributed by atoms with Gasteiger partial charge in [-0.1, -0.05) is 17.3 Å². The topological polar surface area (TPSA) is 71.8 Å². The molecule has 6 heteroatoms. The van der Waals surface area contributed by atoms with Crippen LogP contribution in [0.15, 0.2) is 30.5 Å². The first-order chi connectivity index (χ1) is 10.2. The molecule has 0 radical (unpaired) electrons. The van der Waals surface area contributed by atoms with Crippen LogP contribution >= 0.6 is 0 Å². The van der Waals surface area contributed by atoms with Gasteiger partial charge in [0.05, 0.1) is 11.9 Å². The van der Waals surface area contributed by atoms with Crippen molar-refractivity contribution in [3.05, 3.63) is 41.7 Å². The van der Waals surface area contributed by atoms with Gasteiger partial charge in [-0.25, -0.2) is 4.68 Å². The molecule has 0 saturated carbocycles. The van der Waals surface area contributed by atoms with Crippen LogP contribution in [0.1, 0.15) is 28.9 Å². The summed E-state index contributed by atoms with van der Waals surface area (Å²) in [6, 6.07) is 8.15. The summed E-state index contributed by atoms with van der Waals surface area (Å²) in [4.78, 5) is 12.2. The highest BCUT2D eigenvalue weighted by atomic mass is 16.2. The molecule has 0 atom stereocenters. The number of amides is 1. The van der Waals surface area contributed by atoms with Gasteiger partial charge in [0.2, 0.25) is 0 Å². The van der Waals surface area contributed by atoms with Gasteiger partial charge in [0.1, 0.15) is 0 Å². The van der Waals surface area contributed by atoms with E-state index >= 15 is 0 Å². The van der Waals surface area contributed by atoms with Gasteiger partial charge in [-0.3, -0.25) is 4.79 Å². The lowest BCUT2D eigenvalue weighted by atomic mass is 10.1. The molecule has 1 fully saturated rings. The summed E-state index contributed by atoms with van der Waals surface area (Å²) in [6.45, 7) is 3.91. The van der Waals surface area contributed by atoms with E-state index in [1.807, 2.05) is 31.2 Å². The zero-order valence-corrected chi connectivity index (χ0v) is 12.0. The standard InChI is InChI=1S/C15H19N5O/c1-11-3-2-4-13(9-11)20-10-14(18-19-20)15(21)17-12-5-7-16-8-6-12/h2-4,9-10,12,16H,5-8H2,1H3,(H,17,21). The van der Waals surface area contributed by atoms with Crippen molar-refractivity contribution in [1.82, 2.24) is 25.6 Å². The van der Waals surface area contributed by atoms with Gasteiger partial charge in [-0.2, -0.15) is 0 Å². The van der Waals surface area contributed by atoms with Gasteiger partial charge in [0.15, 0.2) is 5.69 Å². The first-order valence-corrected chi connectivity index (χ1v) is 7.23. The minimum Gasteiger partial charge on any atom is -0.348 e. The SMILES string of the molecule is Cc1cccc(-n2cc(C(=O)NC3CCNCC3)nn2)c1. The zero-order valence-electron chi connectivity index (χ0n) is 12.0. The van der Waals surface area contributed by atoms with Gasteiger partial charge >= 0.3 is 0 Å². The predicted molar refractivity (Wildman–Crippen MR) is 79.5 cm³/mol. The number of carbonyl (C=O) groups is 1. The minimum atomic E-state index is -0.152. The molecule has 2 heterocycles. The Morgan fingerprint density at radius 1 is 1.38 bits per heavy atom. The first-order valence-electron chi connectivity index (χ1n) is 7.23. The smallest absolute Gasteiger partial charge is 0.273 e. The second-order valence-electron chi connectivity index (χ2n) is 5.39. The van der Waals surface area contributed by atoms with Crippen molar-refractivity contribution in [2.24, 2.45) is 0 Å². The fraction of sp³-hybridized carbons (Fsp3) is 0.400. The minimum absolute atomic E-state index is 0.152. The van der Waals surface area contributed by atoms with Crippen LogP contribution in [0, 0.1) is 6.92 Å². The van der Waals surface area contributed by atoms with E-state index in [4.69, 9.17) is 0 Å². The largest absolute Gasteiger partial charge is 0.348 e. The number of benzene rings is 1. The summed E-state index contributed by atoms with van der Waals surface area (Å²) in [6.07, 6.45) is 3.58. The van der Waals surface area contributed by atoms with E-state index in [0.717, 1.165) is 37.2 Å². The van der Waals surface area contributed by atoms with Crippen LogP contribution in [0.4, 0.5) is 0 Å². The Morgan fingerprint density at radius 2 is 2.19 bits per heavy atom. The van der Waals surface area contributed by atoms with E-state index in [2.05, 4.69) is 20.9 Å². The Bertz CT molecular complexity index is 630. The lowest BCUT2D eigenvalue weighted by molar-refractivity contribution is 0.0924. The maximum atomic E-state index is 12.2. The lowest BCUT2D eigenvalue weighted by Gasteiger charge is -2.23. The quantitative estimate of drug-likeness (QED) is 0.884. The molecule has 3 rings (SSSR count). The number of aryl methyl sites for hydroxylation is 1. The second kappa shape index (κ2) is 6.05. The normalized spacial score (nSPS) is 15.9. The summed E-state index contributed by atoms with van der Waals surface area (Å²) < 4.78 is 1.63. The number of carbonyl (C=O) groups excluding carboxylic acids is 1. The Kier molecular flexibility index (Phi) is 3.96. The Morgan fingerprint density at radius 3 is 2.95 bits per heavy atom. The maximum absolute atomic E-state index is 12.2. The van der Waals surface area contributed by atoms with Gasteiger partial charge < -0.3 is 10.6 Å². The fourth-order valence-corrected chi connectivity index (χ4v) is 2.49. The van der Waals surface area contributed by atoms with Crippen LogP contribution in [-0.4, -0.2) is 40.0 Å². The number of aromatic nitrogens is 3. The molecule has 0 unspecified atom stereocenters. The number of hydrogen-bond donors (Lipinski definition) is 2. The number of nitrogens with one attached hydrogen (secondary N) is 2. The first kappa shape index (κ1) is 13.8. The van der Waals surface area contributed by atoms with Crippen molar-refractivity contribution in [3.63, 3.8) is 0 Å². The van der Waals surface area contributed by atoms with Crippen LogP contribution < -0.4 is 10.6 Å². The Balaban J connectivity index is 1.70. The van der Waals surface area contributed by atoms with Crippen LogP contribution in [-0.2, 0) is 0 Å². The average Bonchev–Trinajstić information content (AvgIpc) is 2.98. The summed E-state index contributed by atoms with van der Waals surface area (Å²) in [5.41, 5.74) is 2.40. The molecule has 0 spiro atoms. The summed E-state index contributed by atoms with van der Waals surface area (Å²) in [5, 5.41) is 14.3. The van der Waals surface area contributed by atoms with E-state index in [1.165, 1.54) is 0 Å². The monoisotopic (exact) mass is 285 g/mol. The van der Waals surface area contributed by atoms with E-state index < -0.39 is 0 Å². The van der Waals surface area contributed by atoms with Crippen LogP contribution in [0.5, 0.6) is 0 Å². The van der Waals surface area contributed by atoms with Gasteiger partial charge in [-0.05, 0) is 50.6 Å². The van der Waals surface area contributed by atoms with Crippen molar-refractivity contribution < 1.29 is 4.79 Å². The molecule has 1 aromatic heterocycles. The molecule has 0 bridgehead atoms. The highest BCUT2D eigenvalue weighted by molar-refractivity contribution is 5.92. The zero-order chi connectivity index (χ0) is 14.7. The molecule has 1 amide bonds. The number of nitrogens with zero attached hydrogens (tertiary/aromatic N) is 3. The number of piperidine rings is 1. The third kappa shape index (κ3) is 3.28. The molecule has 1 aliphatic rings. The van der Waals surface area contributed by atoms with Crippen LogP contribution in [0.2, 0.25) is 0 Å². The van der Waals surface area contributed by atoms with Crippen molar-refractivity contribution in [2.75, 3.05) is 13.1 Å². The van der Waals surface area contributed by atoms with Gasteiger partial charge in [0, 0.05) is 6.04 Å². The van der Waals surface area contributed by atoms with Gasteiger partial charge in [-0.15, -0.1) is 5.10 Å². The van der Waals surface area contributed by atoms with Crippen LogP contribution in [0.3, 0.4) is 0 Å². The number of hydrogen-bond acceptors (Lipinski definition) is 4. The van der Waals surface area contributed by atoms with E-state index in [1.54, 1.807) is 10.9 Å². The highest BCUT2D eigenvalue weighted by Gasteiger charge is 2.18. The molecular formula is C15H19N5O. The second-order valence-corrected chi connectivity index (χ2v) is 5.39. The van der Waals surface area contributed by atoms with E-state index in [9.17, 15) is 4.79 Å². The predicted octanol–water partition coefficient (Wildman–Crippen LogP) is 1.06. The van der Waals surface area contributed by atoms with Crippen LogP contribution in [0.25, 0.3) is 5.69 Å². The number of rotatable bonds is 3. The molecular weight excluding hydrogens is 266 g/mol. The molecule has 6 nitrogen and oxygen atoms in total. The molecule has 2 N–H and O–H groups in total. The third-order valence-corrected chi connectivity index (χ3v) is 3.67. The van der Waals surface area contributed by atoms with Crippen molar-refractivity contribution in [2.45, 2.75) is 25.8 Å². The van der Waals surface area contributed by atoms with E-state index in [-0.39, 0.29) is 11.9 Å². The molecule has 2 aromatic rings. The van der Waals surface area contributed by atoms with Crippen molar-refractivity contribution >= 4 is 5.91 Å². The summed E-state index contributed by atoms with van der Waals surface area (Å²) in [5.74, 6) is -0.152. The van der Waals surface area contributed by atoms with Crippen molar-refractivity contribution in [1.29, 1.82) is 0 Å².